The van der Waals surface area contributed by atoms with E-state index in [1.54, 1.807) is 5.57 Å². The highest BCUT2D eigenvalue weighted by Gasteiger charge is 2.11. The molecule has 0 atom stereocenters. The third-order valence-electron chi connectivity index (χ3n) is 3.71. The highest BCUT2D eigenvalue weighted by Crippen LogP contribution is 2.16. The zero-order valence-corrected chi connectivity index (χ0v) is 10.0. The second-order valence-electron chi connectivity index (χ2n) is 5.00. The Morgan fingerprint density at radius 3 is 2.40 bits per heavy atom. The van der Waals surface area contributed by atoms with Crippen molar-refractivity contribution in [3.05, 3.63) is 11.6 Å². The second kappa shape index (κ2) is 5.66. The summed E-state index contributed by atoms with van der Waals surface area (Å²) in [6.07, 6.45) is 9.22. The first-order valence-electron chi connectivity index (χ1n) is 6.43. The van der Waals surface area contributed by atoms with Crippen molar-refractivity contribution in [1.82, 2.24) is 9.80 Å². The molecule has 2 heteroatoms. The molecule has 0 saturated carbocycles. The molecule has 2 rings (SSSR count). The number of nitrogens with zero attached hydrogens (tertiary/aromatic N) is 2. The van der Waals surface area contributed by atoms with Crippen molar-refractivity contribution in [3.8, 4) is 0 Å². The van der Waals surface area contributed by atoms with Crippen molar-refractivity contribution < 1.29 is 0 Å². The number of piperidine rings is 1. The van der Waals surface area contributed by atoms with Crippen molar-refractivity contribution in [2.24, 2.45) is 0 Å². The molecule has 2 fully saturated rings. The third kappa shape index (κ3) is 3.62. The van der Waals surface area contributed by atoms with Gasteiger partial charge in [0, 0.05) is 19.6 Å². The van der Waals surface area contributed by atoms with Crippen LogP contribution in [-0.4, -0.2) is 49.6 Å². The third-order valence-corrected chi connectivity index (χ3v) is 3.71. The fraction of sp³-hybridized carbons (Fsp3) is 0.846. The summed E-state index contributed by atoms with van der Waals surface area (Å²) in [5.41, 5.74) is 1.70. The number of hydrogen-bond donors (Lipinski definition) is 0. The van der Waals surface area contributed by atoms with Gasteiger partial charge < -0.3 is 9.80 Å². The Morgan fingerprint density at radius 1 is 1.07 bits per heavy atom. The summed E-state index contributed by atoms with van der Waals surface area (Å²) < 4.78 is 0. The van der Waals surface area contributed by atoms with Gasteiger partial charge in [0.25, 0.3) is 0 Å². The maximum atomic E-state index is 2.60. The van der Waals surface area contributed by atoms with Gasteiger partial charge in [0.1, 0.15) is 0 Å². The molecule has 2 aliphatic rings. The van der Waals surface area contributed by atoms with E-state index in [2.05, 4.69) is 22.9 Å². The van der Waals surface area contributed by atoms with Gasteiger partial charge >= 0.3 is 0 Å². The van der Waals surface area contributed by atoms with E-state index in [9.17, 15) is 0 Å². The zero-order chi connectivity index (χ0) is 10.5. The molecule has 2 saturated heterocycles. The molecule has 0 spiro atoms. The monoisotopic (exact) mass is 208 g/mol. The Morgan fingerprint density at radius 2 is 1.73 bits per heavy atom. The Hall–Kier alpha value is -0.340. The first kappa shape index (κ1) is 11.2. The van der Waals surface area contributed by atoms with Crippen molar-refractivity contribution in [2.45, 2.75) is 32.1 Å². The summed E-state index contributed by atoms with van der Waals surface area (Å²) in [4.78, 5) is 5.03. The van der Waals surface area contributed by atoms with E-state index in [0.717, 1.165) is 0 Å². The zero-order valence-electron chi connectivity index (χ0n) is 10.0. The van der Waals surface area contributed by atoms with E-state index in [-0.39, 0.29) is 0 Å². The molecule has 0 aliphatic carbocycles. The molecule has 0 aromatic rings. The van der Waals surface area contributed by atoms with Crippen LogP contribution in [0.1, 0.15) is 32.1 Å². The van der Waals surface area contributed by atoms with E-state index >= 15 is 0 Å². The first-order chi connectivity index (χ1) is 7.34. The minimum Gasteiger partial charge on any atom is -0.306 e. The van der Waals surface area contributed by atoms with Crippen LogP contribution in [0, 0.1) is 0 Å². The summed E-state index contributed by atoms with van der Waals surface area (Å²) in [5.74, 6) is 0. The fourth-order valence-electron chi connectivity index (χ4n) is 2.57. The van der Waals surface area contributed by atoms with Crippen LogP contribution in [-0.2, 0) is 0 Å². The molecule has 0 bridgehead atoms. The van der Waals surface area contributed by atoms with Crippen LogP contribution in [0.25, 0.3) is 0 Å². The summed E-state index contributed by atoms with van der Waals surface area (Å²) in [6, 6.07) is 0. The van der Waals surface area contributed by atoms with E-state index in [0.29, 0.717) is 0 Å². The molecule has 86 valence electrons. The predicted octanol–water partition coefficient (Wildman–Crippen LogP) is 2.12. The lowest BCUT2D eigenvalue weighted by Gasteiger charge is -2.24. The summed E-state index contributed by atoms with van der Waals surface area (Å²) in [7, 11) is 2.22. The molecule has 0 amide bonds. The molecule has 0 aromatic carbocycles. The average Bonchev–Trinajstić information content (AvgIpc) is 2.74. The van der Waals surface area contributed by atoms with Gasteiger partial charge in [0.05, 0.1) is 0 Å². The van der Waals surface area contributed by atoms with E-state index in [1.807, 2.05) is 0 Å². The molecular formula is C13H24N2. The maximum Gasteiger partial charge on any atom is 0.00160 e. The minimum absolute atomic E-state index is 1.26. The smallest absolute Gasteiger partial charge is 0.00160 e. The lowest BCUT2D eigenvalue weighted by Crippen LogP contribution is -2.26. The number of rotatable bonds is 3. The van der Waals surface area contributed by atoms with Crippen LogP contribution < -0.4 is 0 Å². The standard InChI is InChI=1S/C13H24N2/c1-14-11-6-13(7-12-14)5-4-10-15-8-2-3-9-15/h5H,2-4,6-12H2,1H3. The number of likely N-dealkylation sites (tertiary alicyclic amines) is 2. The molecule has 2 aliphatic heterocycles. The van der Waals surface area contributed by atoms with Crippen LogP contribution in [0.15, 0.2) is 11.6 Å². The molecule has 2 nitrogen and oxygen atoms in total. The summed E-state index contributed by atoms with van der Waals surface area (Å²) >= 11 is 0. The molecule has 2 heterocycles. The van der Waals surface area contributed by atoms with E-state index in [1.165, 1.54) is 64.8 Å². The van der Waals surface area contributed by atoms with E-state index in [4.69, 9.17) is 0 Å². The van der Waals surface area contributed by atoms with Gasteiger partial charge in [-0.05, 0) is 52.2 Å². The molecule has 0 unspecified atom stereocenters. The molecule has 0 radical (unpaired) electrons. The first-order valence-corrected chi connectivity index (χ1v) is 6.43. The fourth-order valence-corrected chi connectivity index (χ4v) is 2.57. The minimum atomic E-state index is 1.26. The van der Waals surface area contributed by atoms with Gasteiger partial charge in [-0.3, -0.25) is 0 Å². The topological polar surface area (TPSA) is 6.48 Å². The molecular weight excluding hydrogens is 184 g/mol. The normalized spacial score (nSPS) is 24.7. The van der Waals surface area contributed by atoms with Crippen LogP contribution in [0.4, 0.5) is 0 Å². The van der Waals surface area contributed by atoms with Crippen LogP contribution in [0.3, 0.4) is 0 Å². The van der Waals surface area contributed by atoms with Crippen molar-refractivity contribution in [2.75, 3.05) is 39.8 Å². The highest BCUT2D eigenvalue weighted by atomic mass is 15.1. The number of hydrogen-bond acceptors (Lipinski definition) is 2. The van der Waals surface area contributed by atoms with Gasteiger partial charge in [0.2, 0.25) is 0 Å². The Balaban J connectivity index is 1.65. The summed E-state index contributed by atoms with van der Waals surface area (Å²) in [6.45, 7) is 6.49. The summed E-state index contributed by atoms with van der Waals surface area (Å²) in [5, 5.41) is 0. The Labute approximate surface area is 93.9 Å². The van der Waals surface area contributed by atoms with Crippen LogP contribution in [0.5, 0.6) is 0 Å². The molecule has 15 heavy (non-hydrogen) atoms. The Bertz CT molecular complexity index is 207. The lowest BCUT2D eigenvalue weighted by molar-refractivity contribution is 0.310. The quantitative estimate of drug-likeness (QED) is 0.656. The average molecular weight is 208 g/mol. The highest BCUT2D eigenvalue weighted by molar-refractivity contribution is 5.05. The van der Waals surface area contributed by atoms with Crippen molar-refractivity contribution in [1.29, 1.82) is 0 Å². The Kier molecular flexibility index (Phi) is 4.21. The van der Waals surface area contributed by atoms with Gasteiger partial charge in [-0.1, -0.05) is 11.6 Å². The van der Waals surface area contributed by atoms with Crippen molar-refractivity contribution in [3.63, 3.8) is 0 Å². The second-order valence-corrected chi connectivity index (χ2v) is 5.00. The maximum absolute atomic E-state index is 2.60. The van der Waals surface area contributed by atoms with Gasteiger partial charge in [0.15, 0.2) is 0 Å². The largest absolute Gasteiger partial charge is 0.306 e. The van der Waals surface area contributed by atoms with Gasteiger partial charge in [-0.2, -0.15) is 0 Å². The molecule has 0 N–H and O–H groups in total. The van der Waals surface area contributed by atoms with Crippen LogP contribution in [0.2, 0.25) is 0 Å². The predicted molar refractivity (Wildman–Crippen MR) is 65.1 cm³/mol. The van der Waals surface area contributed by atoms with E-state index < -0.39 is 0 Å². The molecule has 0 aromatic heterocycles. The van der Waals surface area contributed by atoms with Crippen molar-refractivity contribution >= 4 is 0 Å². The van der Waals surface area contributed by atoms with Crippen LogP contribution >= 0.6 is 0 Å². The lowest BCUT2D eigenvalue weighted by atomic mass is 10.0. The van der Waals surface area contributed by atoms with Gasteiger partial charge in [-0.15, -0.1) is 0 Å². The SMILES string of the molecule is CN1CCC(=CCCN2CCCC2)CC1. The van der Waals surface area contributed by atoms with Gasteiger partial charge in [-0.25, -0.2) is 0 Å².